The lowest BCUT2D eigenvalue weighted by Crippen LogP contribution is -1.96. The quantitative estimate of drug-likeness (QED) is 0.572. The molecular weight excluding hydrogens is 252 g/mol. The highest BCUT2D eigenvalue weighted by molar-refractivity contribution is 5.91. The summed E-state index contributed by atoms with van der Waals surface area (Å²) in [4.78, 5) is 16.1. The molecule has 0 aliphatic carbocycles. The van der Waals surface area contributed by atoms with E-state index < -0.39 is 0 Å². The summed E-state index contributed by atoms with van der Waals surface area (Å²) in [6.45, 7) is 3.86. The Labute approximate surface area is 114 Å². The van der Waals surface area contributed by atoms with Crippen molar-refractivity contribution < 1.29 is 0 Å². The Balaban J connectivity index is 1.98. The van der Waals surface area contributed by atoms with E-state index in [2.05, 4.69) is 25.0 Å². The van der Waals surface area contributed by atoms with Crippen molar-refractivity contribution in [2.75, 3.05) is 0 Å². The van der Waals surface area contributed by atoms with Gasteiger partial charge in [0, 0.05) is 23.3 Å². The zero-order chi connectivity index (χ0) is 13.7. The summed E-state index contributed by atoms with van der Waals surface area (Å²) in [5.41, 5.74) is 4.55. The molecule has 1 N–H and O–H groups in total. The number of hydrogen-bond acceptors (Lipinski definition) is 4. The smallest absolute Gasteiger partial charge is 0.153 e. The van der Waals surface area contributed by atoms with Crippen LogP contribution in [0.3, 0.4) is 0 Å². The summed E-state index contributed by atoms with van der Waals surface area (Å²) in [6.07, 6.45) is 5.56. The van der Waals surface area contributed by atoms with Gasteiger partial charge in [0.15, 0.2) is 5.65 Å². The van der Waals surface area contributed by atoms with Crippen LogP contribution in [0.1, 0.15) is 11.5 Å². The van der Waals surface area contributed by atoms with Crippen molar-refractivity contribution in [3.8, 4) is 11.3 Å². The molecule has 4 rings (SSSR count). The molecule has 0 unspecified atom stereocenters. The normalized spacial score (nSPS) is 11.5. The number of H-pyrrole nitrogens is 1. The Kier molecular flexibility index (Phi) is 2.14. The summed E-state index contributed by atoms with van der Waals surface area (Å²) >= 11 is 0. The van der Waals surface area contributed by atoms with Gasteiger partial charge in [0.2, 0.25) is 0 Å². The highest BCUT2D eigenvalue weighted by atomic mass is 15.3. The largest absolute Gasteiger partial charge is 0.345 e. The topological polar surface area (TPSA) is 71.8 Å². The molecule has 98 valence electrons. The van der Waals surface area contributed by atoms with Crippen LogP contribution >= 0.6 is 0 Å². The standard InChI is InChI=1S/C14H12N6/c1-8-5-16-13-4-3-12(19-20(8)13)10-6-17-14-11(10)7-15-9(2)18-14/h3-7H,1-2H3,(H,15,17,18). The zero-order valence-electron chi connectivity index (χ0n) is 11.1. The van der Waals surface area contributed by atoms with Gasteiger partial charge in [-0.3, -0.25) is 0 Å². The number of aromatic nitrogens is 6. The molecule has 20 heavy (non-hydrogen) atoms. The zero-order valence-corrected chi connectivity index (χ0v) is 11.1. The molecule has 0 saturated heterocycles. The average Bonchev–Trinajstić information content (AvgIpc) is 3.02. The maximum atomic E-state index is 4.63. The van der Waals surface area contributed by atoms with Crippen molar-refractivity contribution in [1.82, 2.24) is 29.5 Å². The summed E-state index contributed by atoms with van der Waals surface area (Å²) in [7, 11) is 0. The first-order valence-electron chi connectivity index (χ1n) is 6.35. The number of aryl methyl sites for hydroxylation is 2. The van der Waals surface area contributed by atoms with E-state index >= 15 is 0 Å². The molecule has 0 saturated carbocycles. The third kappa shape index (κ3) is 1.51. The number of rotatable bonds is 1. The first-order chi connectivity index (χ1) is 9.72. The Morgan fingerprint density at radius 3 is 2.90 bits per heavy atom. The molecule has 4 aromatic heterocycles. The molecule has 0 fully saturated rings. The number of nitrogens with one attached hydrogen (secondary N) is 1. The Hall–Kier alpha value is -2.76. The SMILES string of the molecule is Cc1ncc2c(-c3ccc4ncc(C)n4n3)c[nH]c2n1. The van der Waals surface area contributed by atoms with Gasteiger partial charge in [-0.2, -0.15) is 5.10 Å². The van der Waals surface area contributed by atoms with Crippen molar-refractivity contribution >= 4 is 16.7 Å². The van der Waals surface area contributed by atoms with E-state index in [0.717, 1.165) is 39.5 Å². The van der Waals surface area contributed by atoms with Crippen LogP contribution in [0.4, 0.5) is 0 Å². The lowest BCUT2D eigenvalue weighted by Gasteiger charge is -2.01. The fourth-order valence-electron chi connectivity index (χ4n) is 2.34. The maximum Gasteiger partial charge on any atom is 0.153 e. The number of nitrogens with zero attached hydrogens (tertiary/aromatic N) is 5. The van der Waals surface area contributed by atoms with Crippen LogP contribution < -0.4 is 0 Å². The van der Waals surface area contributed by atoms with Crippen molar-refractivity contribution in [3.05, 3.63) is 42.2 Å². The van der Waals surface area contributed by atoms with Crippen molar-refractivity contribution in [2.24, 2.45) is 0 Å². The molecule has 0 amide bonds. The molecular formula is C14H12N6. The molecule has 6 nitrogen and oxygen atoms in total. The predicted octanol–water partition coefficient (Wildman–Crippen LogP) is 2.28. The van der Waals surface area contributed by atoms with Gasteiger partial charge in [0.25, 0.3) is 0 Å². The van der Waals surface area contributed by atoms with E-state index in [1.807, 2.05) is 49.1 Å². The summed E-state index contributed by atoms with van der Waals surface area (Å²) in [6, 6.07) is 3.92. The van der Waals surface area contributed by atoms with E-state index in [4.69, 9.17) is 0 Å². The molecule has 6 heteroatoms. The third-order valence-corrected chi connectivity index (χ3v) is 3.36. The van der Waals surface area contributed by atoms with Crippen molar-refractivity contribution in [1.29, 1.82) is 0 Å². The molecule has 0 aromatic carbocycles. The van der Waals surface area contributed by atoms with E-state index in [9.17, 15) is 0 Å². The Morgan fingerprint density at radius 1 is 1.10 bits per heavy atom. The van der Waals surface area contributed by atoms with Gasteiger partial charge < -0.3 is 4.98 Å². The predicted molar refractivity (Wildman–Crippen MR) is 75.3 cm³/mol. The van der Waals surface area contributed by atoms with Gasteiger partial charge in [-0.05, 0) is 26.0 Å². The monoisotopic (exact) mass is 264 g/mol. The third-order valence-electron chi connectivity index (χ3n) is 3.36. The van der Waals surface area contributed by atoms with E-state index in [1.165, 1.54) is 0 Å². The first kappa shape index (κ1) is 11.1. The van der Waals surface area contributed by atoms with E-state index in [-0.39, 0.29) is 0 Å². The molecule has 0 spiro atoms. The van der Waals surface area contributed by atoms with E-state index in [0.29, 0.717) is 0 Å². The van der Waals surface area contributed by atoms with Gasteiger partial charge in [-0.15, -0.1) is 0 Å². The van der Waals surface area contributed by atoms with Gasteiger partial charge in [0.1, 0.15) is 11.5 Å². The Morgan fingerprint density at radius 2 is 2.00 bits per heavy atom. The minimum absolute atomic E-state index is 0.750. The van der Waals surface area contributed by atoms with Crippen LogP contribution in [0.15, 0.2) is 30.7 Å². The molecule has 0 aliphatic rings. The van der Waals surface area contributed by atoms with Gasteiger partial charge >= 0.3 is 0 Å². The lowest BCUT2D eigenvalue weighted by atomic mass is 10.2. The fraction of sp³-hybridized carbons (Fsp3) is 0.143. The second-order valence-electron chi connectivity index (χ2n) is 4.77. The molecule has 0 radical (unpaired) electrons. The van der Waals surface area contributed by atoms with Crippen LogP contribution in [0.25, 0.3) is 27.9 Å². The van der Waals surface area contributed by atoms with Crippen LogP contribution in [0.5, 0.6) is 0 Å². The van der Waals surface area contributed by atoms with Gasteiger partial charge in [-0.1, -0.05) is 0 Å². The van der Waals surface area contributed by atoms with Crippen LogP contribution in [0.2, 0.25) is 0 Å². The molecule has 4 heterocycles. The molecule has 4 aromatic rings. The highest BCUT2D eigenvalue weighted by Crippen LogP contribution is 2.25. The van der Waals surface area contributed by atoms with Crippen LogP contribution in [0, 0.1) is 13.8 Å². The Bertz CT molecular complexity index is 933. The van der Waals surface area contributed by atoms with Crippen molar-refractivity contribution in [3.63, 3.8) is 0 Å². The van der Waals surface area contributed by atoms with Gasteiger partial charge in [0.05, 0.1) is 17.6 Å². The number of imidazole rings is 1. The summed E-state index contributed by atoms with van der Waals surface area (Å²) < 4.78 is 1.84. The minimum atomic E-state index is 0.750. The highest BCUT2D eigenvalue weighted by Gasteiger charge is 2.10. The van der Waals surface area contributed by atoms with E-state index in [1.54, 1.807) is 0 Å². The number of fused-ring (bicyclic) bond motifs is 2. The molecule has 0 aliphatic heterocycles. The summed E-state index contributed by atoms with van der Waals surface area (Å²) in [5.74, 6) is 0.750. The lowest BCUT2D eigenvalue weighted by molar-refractivity contribution is 0.906. The van der Waals surface area contributed by atoms with Crippen molar-refractivity contribution in [2.45, 2.75) is 13.8 Å². The van der Waals surface area contributed by atoms with Crippen LogP contribution in [-0.2, 0) is 0 Å². The first-order valence-corrected chi connectivity index (χ1v) is 6.35. The number of aromatic amines is 1. The number of hydrogen-bond donors (Lipinski definition) is 1. The summed E-state index contributed by atoms with van der Waals surface area (Å²) in [5, 5.41) is 5.60. The molecule has 0 bridgehead atoms. The van der Waals surface area contributed by atoms with Crippen LogP contribution in [-0.4, -0.2) is 29.5 Å². The van der Waals surface area contributed by atoms with Gasteiger partial charge in [-0.25, -0.2) is 19.5 Å². The minimum Gasteiger partial charge on any atom is -0.345 e. The molecule has 0 atom stereocenters. The fourth-order valence-corrected chi connectivity index (χ4v) is 2.34. The average molecular weight is 264 g/mol. The maximum absolute atomic E-state index is 4.63. The second kappa shape index (κ2) is 3.86. The second-order valence-corrected chi connectivity index (χ2v) is 4.77.